The molecule has 1 aromatic carbocycles. The predicted molar refractivity (Wildman–Crippen MR) is 68.5 cm³/mol. The molecule has 0 aromatic heterocycles. The second kappa shape index (κ2) is 6.11. The highest BCUT2D eigenvalue weighted by Gasteiger charge is 2.17. The van der Waals surface area contributed by atoms with Gasteiger partial charge in [-0.25, -0.2) is 0 Å². The van der Waals surface area contributed by atoms with Crippen molar-refractivity contribution >= 4 is 11.6 Å². The lowest BCUT2D eigenvalue weighted by Gasteiger charge is -2.11. The summed E-state index contributed by atoms with van der Waals surface area (Å²) in [6.45, 7) is 3.92. The number of carbonyl (C=O) groups is 1. The van der Waals surface area contributed by atoms with Crippen LogP contribution in [-0.4, -0.2) is 23.4 Å². The van der Waals surface area contributed by atoms with E-state index in [1.807, 2.05) is 6.92 Å². The first-order chi connectivity index (χ1) is 8.49. The second-order valence-corrected chi connectivity index (χ2v) is 4.06. The zero-order chi connectivity index (χ0) is 13.7. The molecule has 98 valence electrons. The summed E-state index contributed by atoms with van der Waals surface area (Å²) < 4.78 is 0. The highest BCUT2D eigenvalue weighted by Crippen LogP contribution is 2.20. The Bertz CT molecular complexity index is 460. The van der Waals surface area contributed by atoms with Gasteiger partial charge in [-0.2, -0.15) is 0 Å². The summed E-state index contributed by atoms with van der Waals surface area (Å²) >= 11 is 0. The fourth-order valence-corrected chi connectivity index (χ4v) is 1.54. The topological polar surface area (TPSA) is 98.3 Å². The number of aryl methyl sites for hydroxylation is 1. The Hall–Kier alpha value is -1.95. The van der Waals surface area contributed by atoms with Crippen LogP contribution in [0, 0.1) is 10.1 Å². The van der Waals surface area contributed by atoms with Gasteiger partial charge in [0.05, 0.1) is 4.92 Å². The fourth-order valence-electron chi connectivity index (χ4n) is 1.54. The minimum atomic E-state index is -0.470. The number of nitrogens with two attached hydrogens (primary N) is 1. The minimum absolute atomic E-state index is 0.0226. The van der Waals surface area contributed by atoms with Crippen molar-refractivity contribution in [1.82, 2.24) is 5.32 Å². The molecule has 1 aromatic rings. The van der Waals surface area contributed by atoms with Crippen LogP contribution < -0.4 is 11.1 Å². The molecule has 1 rings (SSSR count). The molecule has 6 heteroatoms. The monoisotopic (exact) mass is 251 g/mol. The standard InChI is InChI=1S/C12H17N3O3/c1-3-9-4-5-10(6-11(9)15(17)18)12(16)14-8(2)7-13/h4-6,8H,3,7,13H2,1-2H3,(H,14,16)/t8-/m0/s1. The Morgan fingerprint density at radius 2 is 2.22 bits per heavy atom. The molecule has 1 atom stereocenters. The van der Waals surface area contributed by atoms with Crippen LogP contribution in [0.3, 0.4) is 0 Å². The van der Waals surface area contributed by atoms with Crippen molar-refractivity contribution in [1.29, 1.82) is 0 Å². The summed E-state index contributed by atoms with van der Waals surface area (Å²) in [5.41, 5.74) is 6.27. The fraction of sp³-hybridized carbons (Fsp3) is 0.417. The SMILES string of the molecule is CCc1ccc(C(=O)N[C@@H](C)CN)cc1[N+](=O)[O-]. The maximum Gasteiger partial charge on any atom is 0.273 e. The number of benzene rings is 1. The zero-order valence-electron chi connectivity index (χ0n) is 10.5. The number of rotatable bonds is 5. The second-order valence-electron chi connectivity index (χ2n) is 4.06. The van der Waals surface area contributed by atoms with Crippen LogP contribution in [0.5, 0.6) is 0 Å². The van der Waals surface area contributed by atoms with Crippen LogP contribution in [0.2, 0.25) is 0 Å². The molecule has 6 nitrogen and oxygen atoms in total. The van der Waals surface area contributed by atoms with Gasteiger partial charge in [0.2, 0.25) is 0 Å². The number of nitro groups is 1. The summed E-state index contributed by atoms with van der Waals surface area (Å²) in [5, 5.41) is 13.6. The Kier molecular flexibility index (Phi) is 4.79. The van der Waals surface area contributed by atoms with Gasteiger partial charge >= 0.3 is 0 Å². The normalized spacial score (nSPS) is 11.9. The molecule has 0 saturated carbocycles. The van der Waals surface area contributed by atoms with Crippen molar-refractivity contribution in [2.45, 2.75) is 26.3 Å². The van der Waals surface area contributed by atoms with Crippen molar-refractivity contribution < 1.29 is 9.72 Å². The van der Waals surface area contributed by atoms with E-state index in [0.717, 1.165) is 0 Å². The molecule has 0 radical (unpaired) electrons. The average Bonchev–Trinajstić information content (AvgIpc) is 2.37. The number of amides is 1. The molecule has 0 unspecified atom stereocenters. The number of hydrogen-bond donors (Lipinski definition) is 2. The minimum Gasteiger partial charge on any atom is -0.348 e. The third kappa shape index (κ3) is 3.27. The van der Waals surface area contributed by atoms with E-state index in [4.69, 9.17) is 5.73 Å². The van der Waals surface area contributed by atoms with Gasteiger partial charge in [0.25, 0.3) is 11.6 Å². The van der Waals surface area contributed by atoms with E-state index in [1.165, 1.54) is 6.07 Å². The van der Waals surface area contributed by atoms with Crippen molar-refractivity contribution in [2.24, 2.45) is 5.73 Å². The molecule has 3 N–H and O–H groups in total. The lowest BCUT2D eigenvalue weighted by Crippen LogP contribution is -2.37. The lowest BCUT2D eigenvalue weighted by atomic mass is 10.1. The van der Waals surface area contributed by atoms with E-state index in [1.54, 1.807) is 19.1 Å². The predicted octanol–water partition coefficient (Wildman–Crippen LogP) is 1.23. The molecule has 0 heterocycles. The maximum atomic E-state index is 11.8. The zero-order valence-corrected chi connectivity index (χ0v) is 10.5. The van der Waals surface area contributed by atoms with Gasteiger partial charge in [-0.3, -0.25) is 14.9 Å². The van der Waals surface area contributed by atoms with Gasteiger partial charge in [0.1, 0.15) is 0 Å². The summed E-state index contributed by atoms with van der Waals surface area (Å²) in [5.74, 6) is -0.348. The highest BCUT2D eigenvalue weighted by atomic mass is 16.6. The van der Waals surface area contributed by atoms with Crippen LogP contribution in [-0.2, 0) is 6.42 Å². The van der Waals surface area contributed by atoms with E-state index < -0.39 is 4.92 Å². The van der Waals surface area contributed by atoms with Gasteiger partial charge in [-0.1, -0.05) is 13.0 Å². The Labute approximate surface area is 105 Å². The number of carbonyl (C=O) groups excluding carboxylic acids is 1. The molecular weight excluding hydrogens is 234 g/mol. The van der Waals surface area contributed by atoms with Crippen molar-refractivity contribution in [3.8, 4) is 0 Å². The van der Waals surface area contributed by atoms with Gasteiger partial charge < -0.3 is 11.1 Å². The van der Waals surface area contributed by atoms with Crippen LogP contribution >= 0.6 is 0 Å². The number of hydrogen-bond acceptors (Lipinski definition) is 4. The van der Waals surface area contributed by atoms with Crippen molar-refractivity contribution in [3.63, 3.8) is 0 Å². The van der Waals surface area contributed by atoms with Crippen LogP contribution in [0.1, 0.15) is 29.8 Å². The molecule has 0 saturated heterocycles. The third-order valence-corrected chi connectivity index (χ3v) is 2.66. The first-order valence-electron chi connectivity index (χ1n) is 5.77. The Morgan fingerprint density at radius 3 is 2.72 bits per heavy atom. The van der Waals surface area contributed by atoms with E-state index in [0.29, 0.717) is 18.5 Å². The Morgan fingerprint density at radius 1 is 1.56 bits per heavy atom. The number of nitrogens with one attached hydrogen (secondary N) is 1. The van der Waals surface area contributed by atoms with Crippen LogP contribution in [0.15, 0.2) is 18.2 Å². The lowest BCUT2D eigenvalue weighted by molar-refractivity contribution is -0.385. The van der Waals surface area contributed by atoms with Crippen LogP contribution in [0.4, 0.5) is 5.69 Å². The first kappa shape index (κ1) is 14.1. The molecule has 0 fully saturated rings. The smallest absolute Gasteiger partial charge is 0.273 e. The van der Waals surface area contributed by atoms with Gasteiger partial charge in [-0.15, -0.1) is 0 Å². The molecule has 0 bridgehead atoms. The molecule has 18 heavy (non-hydrogen) atoms. The Balaban J connectivity index is 3.01. The molecule has 0 aliphatic rings. The quantitative estimate of drug-likeness (QED) is 0.607. The number of nitro benzene ring substituents is 1. The molecule has 1 amide bonds. The summed E-state index contributed by atoms with van der Waals surface area (Å²) in [6, 6.07) is 4.34. The van der Waals surface area contributed by atoms with Crippen molar-refractivity contribution in [2.75, 3.05) is 6.54 Å². The molecule has 0 spiro atoms. The average molecular weight is 251 g/mol. The maximum absolute atomic E-state index is 11.8. The number of nitrogens with zero attached hydrogens (tertiary/aromatic N) is 1. The van der Waals surface area contributed by atoms with Gasteiger partial charge in [-0.05, 0) is 19.4 Å². The first-order valence-corrected chi connectivity index (χ1v) is 5.77. The van der Waals surface area contributed by atoms with E-state index in [2.05, 4.69) is 5.32 Å². The largest absolute Gasteiger partial charge is 0.348 e. The summed E-state index contributed by atoms with van der Waals surface area (Å²) in [6.07, 6.45) is 0.553. The van der Waals surface area contributed by atoms with E-state index in [9.17, 15) is 14.9 Å². The molecule has 0 aliphatic heterocycles. The van der Waals surface area contributed by atoms with Crippen molar-refractivity contribution in [3.05, 3.63) is 39.4 Å². The highest BCUT2D eigenvalue weighted by molar-refractivity contribution is 5.95. The van der Waals surface area contributed by atoms with Crippen LogP contribution in [0.25, 0.3) is 0 Å². The molecular formula is C12H17N3O3. The van der Waals surface area contributed by atoms with Gasteiger partial charge in [0.15, 0.2) is 0 Å². The third-order valence-electron chi connectivity index (χ3n) is 2.66. The summed E-state index contributed by atoms with van der Waals surface area (Å²) in [4.78, 5) is 22.2. The van der Waals surface area contributed by atoms with E-state index in [-0.39, 0.29) is 23.2 Å². The molecule has 0 aliphatic carbocycles. The summed E-state index contributed by atoms with van der Waals surface area (Å²) in [7, 11) is 0. The van der Waals surface area contributed by atoms with E-state index >= 15 is 0 Å². The van der Waals surface area contributed by atoms with Gasteiger partial charge in [0, 0.05) is 29.8 Å².